The third-order valence-electron chi connectivity index (χ3n) is 1.45. The lowest BCUT2D eigenvalue weighted by atomic mass is 10.2. The summed E-state index contributed by atoms with van der Waals surface area (Å²) in [5, 5.41) is 10.9. The van der Waals surface area contributed by atoms with E-state index in [0.29, 0.717) is 12.6 Å². The monoisotopic (exact) mass is 166 g/mol. The number of anilines is 1. The summed E-state index contributed by atoms with van der Waals surface area (Å²) < 4.78 is 0. The van der Waals surface area contributed by atoms with Crippen LogP contribution in [0.4, 0.5) is 5.82 Å². The van der Waals surface area contributed by atoms with E-state index in [1.165, 1.54) is 0 Å². The number of nitrogens with zero attached hydrogens (tertiary/aromatic N) is 2. The van der Waals surface area contributed by atoms with Crippen LogP contribution in [0.3, 0.4) is 0 Å². The van der Waals surface area contributed by atoms with Gasteiger partial charge in [0, 0.05) is 18.2 Å². The summed E-state index contributed by atoms with van der Waals surface area (Å²) >= 11 is 0. The first kappa shape index (κ1) is 8.93. The molecule has 0 spiro atoms. The highest BCUT2D eigenvalue weighted by Gasteiger charge is 2.02. The molecule has 0 saturated heterocycles. The van der Waals surface area contributed by atoms with Crippen LogP contribution in [0.2, 0.25) is 0 Å². The van der Waals surface area contributed by atoms with E-state index >= 15 is 0 Å². The van der Waals surface area contributed by atoms with Crippen molar-refractivity contribution in [3.63, 3.8) is 0 Å². The maximum atomic E-state index is 5.52. The number of hydrogen-bond donors (Lipinski definition) is 2. The van der Waals surface area contributed by atoms with Gasteiger partial charge in [-0.1, -0.05) is 0 Å². The first-order valence-corrected chi connectivity index (χ1v) is 4.01. The lowest BCUT2D eigenvalue weighted by Gasteiger charge is -2.10. The van der Waals surface area contributed by atoms with E-state index < -0.39 is 0 Å². The summed E-state index contributed by atoms with van der Waals surface area (Å²) in [5.41, 5.74) is 6.52. The predicted molar refractivity (Wildman–Crippen MR) is 48.7 cm³/mol. The minimum Gasteiger partial charge on any atom is -0.366 e. The molecule has 4 heteroatoms. The molecule has 0 atom stereocenters. The van der Waals surface area contributed by atoms with Gasteiger partial charge in [-0.05, 0) is 19.9 Å². The molecule has 0 amide bonds. The second kappa shape index (κ2) is 4.01. The van der Waals surface area contributed by atoms with Crippen LogP contribution >= 0.6 is 0 Å². The van der Waals surface area contributed by atoms with Gasteiger partial charge in [-0.2, -0.15) is 5.10 Å². The van der Waals surface area contributed by atoms with E-state index in [4.69, 9.17) is 5.73 Å². The van der Waals surface area contributed by atoms with E-state index in [1.807, 2.05) is 6.07 Å². The molecule has 66 valence electrons. The molecule has 0 bridgehead atoms. The van der Waals surface area contributed by atoms with Crippen molar-refractivity contribution in [1.82, 2.24) is 10.2 Å². The van der Waals surface area contributed by atoms with Crippen molar-refractivity contribution in [2.75, 3.05) is 5.32 Å². The zero-order valence-electron chi connectivity index (χ0n) is 7.41. The average molecular weight is 166 g/mol. The largest absolute Gasteiger partial charge is 0.366 e. The SMILES string of the molecule is CC(C)Nc1nnccc1CN. The Hall–Kier alpha value is -1.16. The first-order chi connectivity index (χ1) is 5.74. The van der Waals surface area contributed by atoms with Crippen LogP contribution in [0.5, 0.6) is 0 Å². The Morgan fingerprint density at radius 1 is 1.58 bits per heavy atom. The molecule has 0 radical (unpaired) electrons. The lowest BCUT2D eigenvalue weighted by molar-refractivity contribution is 0.859. The van der Waals surface area contributed by atoms with E-state index in [-0.39, 0.29) is 0 Å². The van der Waals surface area contributed by atoms with Crippen LogP contribution in [-0.2, 0) is 6.54 Å². The van der Waals surface area contributed by atoms with Crippen molar-refractivity contribution < 1.29 is 0 Å². The Morgan fingerprint density at radius 3 is 2.92 bits per heavy atom. The maximum Gasteiger partial charge on any atom is 0.153 e. The zero-order valence-corrected chi connectivity index (χ0v) is 7.41. The third-order valence-corrected chi connectivity index (χ3v) is 1.45. The standard InChI is InChI=1S/C8H14N4/c1-6(2)11-8-7(5-9)3-4-10-12-8/h3-4,6H,5,9H2,1-2H3,(H,11,12). The van der Waals surface area contributed by atoms with Gasteiger partial charge in [0.15, 0.2) is 5.82 Å². The molecule has 0 saturated carbocycles. The van der Waals surface area contributed by atoms with Crippen molar-refractivity contribution in [1.29, 1.82) is 0 Å². The molecular weight excluding hydrogens is 152 g/mol. The van der Waals surface area contributed by atoms with E-state index in [1.54, 1.807) is 6.20 Å². The molecule has 0 aliphatic carbocycles. The fourth-order valence-corrected chi connectivity index (χ4v) is 0.917. The molecule has 0 fully saturated rings. The van der Waals surface area contributed by atoms with Gasteiger partial charge in [0.25, 0.3) is 0 Å². The highest BCUT2D eigenvalue weighted by Crippen LogP contribution is 2.09. The number of hydrogen-bond acceptors (Lipinski definition) is 4. The van der Waals surface area contributed by atoms with Gasteiger partial charge in [0.05, 0.1) is 6.20 Å². The van der Waals surface area contributed by atoms with Crippen LogP contribution in [0.1, 0.15) is 19.4 Å². The molecule has 0 aromatic carbocycles. The number of rotatable bonds is 3. The second-order valence-electron chi connectivity index (χ2n) is 2.91. The fraction of sp³-hybridized carbons (Fsp3) is 0.500. The van der Waals surface area contributed by atoms with Crippen LogP contribution in [0.25, 0.3) is 0 Å². The molecule has 1 heterocycles. The predicted octanol–water partition coefficient (Wildman–Crippen LogP) is 0.756. The van der Waals surface area contributed by atoms with Crippen LogP contribution in [0, 0.1) is 0 Å². The molecular formula is C8H14N4. The minimum atomic E-state index is 0.354. The summed E-state index contributed by atoms with van der Waals surface area (Å²) in [6.45, 7) is 4.59. The molecule has 3 N–H and O–H groups in total. The quantitative estimate of drug-likeness (QED) is 0.695. The van der Waals surface area contributed by atoms with Crippen molar-refractivity contribution >= 4 is 5.82 Å². The normalized spacial score (nSPS) is 10.3. The zero-order chi connectivity index (χ0) is 8.97. The minimum absolute atomic E-state index is 0.354. The summed E-state index contributed by atoms with van der Waals surface area (Å²) in [6.07, 6.45) is 1.65. The Balaban J connectivity index is 2.82. The van der Waals surface area contributed by atoms with Gasteiger partial charge < -0.3 is 11.1 Å². The number of nitrogens with one attached hydrogen (secondary N) is 1. The second-order valence-corrected chi connectivity index (χ2v) is 2.91. The number of aromatic nitrogens is 2. The van der Waals surface area contributed by atoms with Crippen LogP contribution in [0.15, 0.2) is 12.3 Å². The number of nitrogens with two attached hydrogens (primary N) is 1. The van der Waals surface area contributed by atoms with Crippen LogP contribution in [-0.4, -0.2) is 16.2 Å². The smallest absolute Gasteiger partial charge is 0.153 e. The highest BCUT2D eigenvalue weighted by atomic mass is 15.2. The topological polar surface area (TPSA) is 63.8 Å². The lowest BCUT2D eigenvalue weighted by Crippen LogP contribution is -2.14. The summed E-state index contributed by atoms with van der Waals surface area (Å²) in [5.74, 6) is 0.787. The van der Waals surface area contributed by atoms with Crippen molar-refractivity contribution in [2.24, 2.45) is 5.73 Å². The van der Waals surface area contributed by atoms with Gasteiger partial charge in [-0.3, -0.25) is 0 Å². The Kier molecular flexibility index (Phi) is 2.99. The van der Waals surface area contributed by atoms with Gasteiger partial charge in [0.1, 0.15) is 0 Å². The van der Waals surface area contributed by atoms with E-state index in [2.05, 4.69) is 29.4 Å². The Bertz CT molecular complexity index is 247. The molecule has 4 nitrogen and oxygen atoms in total. The van der Waals surface area contributed by atoms with Gasteiger partial charge >= 0.3 is 0 Å². The van der Waals surface area contributed by atoms with Crippen molar-refractivity contribution in [3.05, 3.63) is 17.8 Å². The van der Waals surface area contributed by atoms with Crippen molar-refractivity contribution in [3.8, 4) is 0 Å². The molecule has 0 aliphatic rings. The Morgan fingerprint density at radius 2 is 2.33 bits per heavy atom. The fourth-order valence-electron chi connectivity index (χ4n) is 0.917. The molecule has 0 aliphatic heterocycles. The summed E-state index contributed by atoms with van der Waals surface area (Å²) in [6, 6.07) is 2.23. The summed E-state index contributed by atoms with van der Waals surface area (Å²) in [4.78, 5) is 0. The van der Waals surface area contributed by atoms with Gasteiger partial charge in [-0.15, -0.1) is 5.10 Å². The molecule has 1 rings (SSSR count). The van der Waals surface area contributed by atoms with E-state index in [9.17, 15) is 0 Å². The van der Waals surface area contributed by atoms with E-state index in [0.717, 1.165) is 11.4 Å². The molecule has 1 aromatic heterocycles. The van der Waals surface area contributed by atoms with Crippen molar-refractivity contribution in [2.45, 2.75) is 26.4 Å². The molecule has 1 aromatic rings. The summed E-state index contributed by atoms with van der Waals surface area (Å²) in [7, 11) is 0. The molecule has 12 heavy (non-hydrogen) atoms. The Labute approximate surface area is 72.2 Å². The average Bonchev–Trinajstić information content (AvgIpc) is 2.04. The molecule has 0 unspecified atom stereocenters. The highest BCUT2D eigenvalue weighted by molar-refractivity contribution is 5.42. The first-order valence-electron chi connectivity index (χ1n) is 4.01. The third kappa shape index (κ3) is 2.17. The van der Waals surface area contributed by atoms with Crippen LogP contribution < -0.4 is 11.1 Å². The van der Waals surface area contributed by atoms with Gasteiger partial charge in [-0.25, -0.2) is 0 Å². The maximum absolute atomic E-state index is 5.52. The van der Waals surface area contributed by atoms with Gasteiger partial charge in [0.2, 0.25) is 0 Å².